The number of rotatable bonds is 7. The van der Waals surface area contributed by atoms with E-state index in [-0.39, 0.29) is 28.3 Å². The monoisotopic (exact) mass is 537 g/mol. The topological polar surface area (TPSA) is 102 Å². The van der Waals surface area contributed by atoms with Gasteiger partial charge in [0.05, 0.1) is 11.9 Å². The fraction of sp³-hybridized carbons (Fsp3) is 0.214. The zero-order valence-electron chi connectivity index (χ0n) is 21.5. The minimum atomic E-state index is -4.84. The van der Waals surface area contributed by atoms with E-state index >= 15 is 0 Å². The Hall–Kier alpha value is -4.67. The van der Waals surface area contributed by atoms with Crippen LogP contribution < -0.4 is 15.7 Å². The SMILES string of the molecule is C=CCc1cc(C(C)(C)C)cc(/C=N/Nc2nc3cccnc3n(-c3ccc(OC(F)(F)F)cc3)c2=O)c1O. The van der Waals surface area contributed by atoms with E-state index in [9.17, 15) is 23.1 Å². The van der Waals surface area contributed by atoms with Crippen molar-refractivity contribution in [2.75, 3.05) is 5.43 Å². The van der Waals surface area contributed by atoms with Crippen LogP contribution in [-0.4, -0.2) is 32.2 Å². The maximum atomic E-state index is 13.4. The summed E-state index contributed by atoms with van der Waals surface area (Å²) in [5.41, 5.74) is 4.71. The molecule has 0 spiro atoms. The van der Waals surface area contributed by atoms with Crippen LogP contribution in [0.3, 0.4) is 0 Å². The number of phenolic OH excluding ortho intramolecular Hbond substituents is 1. The first kappa shape index (κ1) is 27.4. The Bertz CT molecular complexity index is 1600. The summed E-state index contributed by atoms with van der Waals surface area (Å²) in [5.74, 6) is -0.537. The molecule has 0 aliphatic carbocycles. The Balaban J connectivity index is 1.73. The third kappa shape index (κ3) is 6.25. The number of aromatic hydroxyl groups is 1. The smallest absolute Gasteiger partial charge is 0.507 e. The fourth-order valence-corrected chi connectivity index (χ4v) is 3.85. The number of allylic oxidation sites excluding steroid dienone is 1. The number of hydrogen-bond acceptors (Lipinski definition) is 7. The van der Waals surface area contributed by atoms with E-state index < -0.39 is 17.7 Å². The molecule has 0 saturated heterocycles. The summed E-state index contributed by atoms with van der Waals surface area (Å²) >= 11 is 0. The van der Waals surface area contributed by atoms with Crippen LogP contribution in [0.25, 0.3) is 16.9 Å². The molecule has 0 unspecified atom stereocenters. The number of anilines is 1. The Morgan fingerprint density at radius 2 is 1.87 bits per heavy atom. The number of hydrogen-bond donors (Lipinski definition) is 2. The average molecular weight is 538 g/mol. The van der Waals surface area contributed by atoms with Crippen molar-refractivity contribution in [2.24, 2.45) is 5.10 Å². The molecule has 8 nitrogen and oxygen atoms in total. The highest BCUT2D eigenvalue weighted by molar-refractivity contribution is 5.85. The Labute approximate surface area is 222 Å². The molecule has 2 aromatic carbocycles. The normalized spacial score (nSPS) is 12.2. The van der Waals surface area contributed by atoms with Gasteiger partial charge in [-0.25, -0.2) is 9.97 Å². The molecule has 0 bridgehead atoms. The molecule has 0 atom stereocenters. The summed E-state index contributed by atoms with van der Waals surface area (Å²) < 4.78 is 42.8. The molecule has 202 valence electrons. The number of halogens is 3. The summed E-state index contributed by atoms with van der Waals surface area (Å²) in [6.07, 6.45) is 0.169. The molecule has 2 N–H and O–H groups in total. The van der Waals surface area contributed by atoms with E-state index in [1.54, 1.807) is 18.2 Å². The number of aromatic nitrogens is 3. The lowest BCUT2D eigenvalue weighted by Gasteiger charge is -2.21. The highest BCUT2D eigenvalue weighted by Crippen LogP contribution is 2.31. The molecule has 4 rings (SSSR count). The number of hydrazone groups is 1. The average Bonchev–Trinajstić information content (AvgIpc) is 2.86. The number of phenols is 1. The molecule has 0 aliphatic heterocycles. The van der Waals surface area contributed by atoms with Gasteiger partial charge in [0.25, 0.3) is 0 Å². The van der Waals surface area contributed by atoms with Gasteiger partial charge < -0.3 is 9.84 Å². The molecule has 0 amide bonds. The zero-order chi connectivity index (χ0) is 28.4. The second kappa shape index (κ2) is 10.6. The molecule has 0 fully saturated rings. The lowest BCUT2D eigenvalue weighted by Crippen LogP contribution is -2.24. The molecule has 0 aliphatic rings. The first-order valence-corrected chi connectivity index (χ1v) is 11.9. The van der Waals surface area contributed by atoms with Gasteiger partial charge in [-0.05, 0) is 65.4 Å². The van der Waals surface area contributed by atoms with Gasteiger partial charge in [-0.3, -0.25) is 14.8 Å². The van der Waals surface area contributed by atoms with Gasteiger partial charge in [0, 0.05) is 11.8 Å². The summed E-state index contributed by atoms with van der Waals surface area (Å²) in [6.45, 7) is 9.89. The molecule has 0 radical (unpaired) electrons. The fourth-order valence-electron chi connectivity index (χ4n) is 3.85. The van der Waals surface area contributed by atoms with Gasteiger partial charge in [-0.1, -0.05) is 32.9 Å². The van der Waals surface area contributed by atoms with Crippen LogP contribution in [0.2, 0.25) is 0 Å². The Morgan fingerprint density at radius 3 is 2.51 bits per heavy atom. The van der Waals surface area contributed by atoms with Crippen LogP contribution in [0.5, 0.6) is 11.5 Å². The van der Waals surface area contributed by atoms with E-state index in [0.717, 1.165) is 17.7 Å². The van der Waals surface area contributed by atoms with Crippen molar-refractivity contribution in [2.45, 2.75) is 39.0 Å². The van der Waals surface area contributed by atoms with Crippen LogP contribution in [0.4, 0.5) is 19.0 Å². The molecular formula is C28H26F3N5O3. The lowest BCUT2D eigenvalue weighted by molar-refractivity contribution is -0.274. The number of benzene rings is 2. The van der Waals surface area contributed by atoms with Crippen LogP contribution in [0.1, 0.15) is 37.5 Å². The molecule has 0 saturated carbocycles. The van der Waals surface area contributed by atoms with Gasteiger partial charge in [0.15, 0.2) is 5.65 Å². The first-order chi connectivity index (χ1) is 18.4. The van der Waals surface area contributed by atoms with Crippen molar-refractivity contribution < 1.29 is 23.0 Å². The number of nitrogens with zero attached hydrogens (tertiary/aromatic N) is 4. The van der Waals surface area contributed by atoms with Crippen molar-refractivity contribution in [3.8, 4) is 17.2 Å². The predicted molar refractivity (Wildman–Crippen MR) is 144 cm³/mol. The van der Waals surface area contributed by atoms with Gasteiger partial charge in [0.2, 0.25) is 5.82 Å². The Morgan fingerprint density at radius 1 is 1.15 bits per heavy atom. The Kier molecular flexibility index (Phi) is 7.44. The first-order valence-electron chi connectivity index (χ1n) is 11.9. The summed E-state index contributed by atoms with van der Waals surface area (Å²) in [7, 11) is 0. The highest BCUT2D eigenvalue weighted by atomic mass is 19.4. The zero-order valence-corrected chi connectivity index (χ0v) is 21.5. The van der Waals surface area contributed by atoms with Crippen molar-refractivity contribution in [3.63, 3.8) is 0 Å². The summed E-state index contributed by atoms with van der Waals surface area (Å²) in [4.78, 5) is 21.9. The molecular weight excluding hydrogens is 511 g/mol. The second-order valence-corrected chi connectivity index (χ2v) is 9.67. The molecule has 2 aromatic heterocycles. The van der Waals surface area contributed by atoms with Gasteiger partial charge in [0.1, 0.15) is 17.0 Å². The number of fused-ring (bicyclic) bond motifs is 1. The molecule has 2 heterocycles. The maximum Gasteiger partial charge on any atom is 0.573 e. The second-order valence-electron chi connectivity index (χ2n) is 9.67. The minimum absolute atomic E-state index is 0.0442. The van der Waals surface area contributed by atoms with E-state index in [2.05, 4.69) is 31.8 Å². The van der Waals surface area contributed by atoms with Gasteiger partial charge in [-0.2, -0.15) is 5.10 Å². The van der Waals surface area contributed by atoms with Crippen molar-refractivity contribution >= 4 is 23.2 Å². The van der Waals surface area contributed by atoms with Crippen LogP contribution in [0, 0.1) is 0 Å². The third-order valence-electron chi connectivity index (χ3n) is 5.77. The molecule has 39 heavy (non-hydrogen) atoms. The van der Waals surface area contributed by atoms with Crippen LogP contribution in [0.15, 0.2) is 77.3 Å². The van der Waals surface area contributed by atoms with Crippen molar-refractivity contribution in [3.05, 3.63) is 94.4 Å². The predicted octanol–water partition coefficient (Wildman–Crippen LogP) is 5.86. The highest BCUT2D eigenvalue weighted by Gasteiger charge is 2.31. The van der Waals surface area contributed by atoms with Crippen LogP contribution in [-0.2, 0) is 11.8 Å². The van der Waals surface area contributed by atoms with E-state index in [1.165, 1.54) is 29.1 Å². The van der Waals surface area contributed by atoms with Gasteiger partial charge >= 0.3 is 11.9 Å². The van der Waals surface area contributed by atoms with E-state index in [1.807, 2.05) is 32.9 Å². The third-order valence-corrected chi connectivity index (χ3v) is 5.77. The number of pyridine rings is 1. The maximum absolute atomic E-state index is 13.4. The van der Waals surface area contributed by atoms with Crippen molar-refractivity contribution in [1.82, 2.24) is 14.5 Å². The lowest BCUT2D eigenvalue weighted by atomic mass is 9.84. The number of alkyl halides is 3. The quantitative estimate of drug-likeness (QED) is 0.174. The summed E-state index contributed by atoms with van der Waals surface area (Å²) in [5, 5.41) is 14.9. The van der Waals surface area contributed by atoms with Crippen molar-refractivity contribution in [1.29, 1.82) is 0 Å². The van der Waals surface area contributed by atoms with Crippen LogP contribution >= 0.6 is 0 Å². The number of ether oxygens (including phenoxy) is 1. The van der Waals surface area contributed by atoms with E-state index in [0.29, 0.717) is 23.1 Å². The minimum Gasteiger partial charge on any atom is -0.507 e. The number of nitrogens with one attached hydrogen (secondary N) is 1. The summed E-state index contributed by atoms with van der Waals surface area (Å²) in [6, 6.07) is 11.8. The molecule has 11 heteroatoms. The standard InChI is InChI=1S/C28H26F3N5O3/c1-5-7-17-14-19(27(2,3)4)15-18(23(17)37)16-33-35-24-26(38)36(25-22(34-24)8-6-13-32-25)20-9-11-21(12-10-20)39-28(29,30)31/h5-6,8-16,37H,1,7H2,2-4H3,(H,34,35)/b33-16+. The van der Waals surface area contributed by atoms with Gasteiger partial charge in [-0.15, -0.1) is 19.8 Å². The molecule has 4 aromatic rings. The van der Waals surface area contributed by atoms with E-state index in [4.69, 9.17) is 0 Å². The largest absolute Gasteiger partial charge is 0.573 e.